The molecule has 0 saturated carbocycles. The van der Waals surface area contributed by atoms with Crippen LogP contribution in [0.2, 0.25) is 0 Å². The van der Waals surface area contributed by atoms with E-state index in [1.54, 1.807) is 0 Å². The third-order valence-corrected chi connectivity index (χ3v) is 5.37. The monoisotopic (exact) mass is 392 g/mol. The molecule has 5 nitrogen and oxygen atoms in total. The largest absolute Gasteiger partial charge is 0.494 e. The van der Waals surface area contributed by atoms with Gasteiger partial charge in [0.25, 0.3) is 5.91 Å². The molecule has 1 saturated heterocycles. The van der Waals surface area contributed by atoms with Crippen LogP contribution in [0.1, 0.15) is 42.3 Å². The van der Waals surface area contributed by atoms with Crippen molar-refractivity contribution in [3.8, 4) is 5.75 Å². The minimum absolute atomic E-state index is 0.123. The topological polar surface area (TPSA) is 54.7 Å². The molecular weight excluding hydrogens is 364 g/mol. The fourth-order valence-electron chi connectivity index (χ4n) is 3.75. The fraction of sp³-hybridized carbons (Fsp3) is 0.375. The van der Waals surface area contributed by atoms with Gasteiger partial charge in [0.15, 0.2) is 5.76 Å². The summed E-state index contributed by atoms with van der Waals surface area (Å²) in [6.45, 7) is 5.74. The molecule has 0 bridgehead atoms. The highest BCUT2D eigenvalue weighted by Gasteiger charge is 2.22. The number of hydrogen-bond donors (Lipinski definition) is 1. The number of likely N-dealkylation sites (tertiary alicyclic amines) is 1. The lowest BCUT2D eigenvalue weighted by Gasteiger charge is -2.32. The maximum atomic E-state index is 12.5. The Morgan fingerprint density at radius 1 is 1.14 bits per heavy atom. The molecule has 29 heavy (non-hydrogen) atoms. The highest BCUT2D eigenvalue weighted by Crippen LogP contribution is 2.20. The molecule has 1 aliphatic heterocycles. The molecule has 0 atom stereocenters. The Balaban J connectivity index is 1.25. The first-order chi connectivity index (χ1) is 14.2. The Morgan fingerprint density at radius 3 is 2.62 bits per heavy atom. The Bertz CT molecular complexity index is 907. The summed E-state index contributed by atoms with van der Waals surface area (Å²) in [6.07, 6.45) is 2.91. The van der Waals surface area contributed by atoms with E-state index < -0.39 is 0 Å². The molecule has 0 unspecified atom stereocenters. The van der Waals surface area contributed by atoms with Gasteiger partial charge in [-0.2, -0.15) is 0 Å². The second-order valence-corrected chi connectivity index (χ2v) is 7.66. The predicted molar refractivity (Wildman–Crippen MR) is 114 cm³/mol. The van der Waals surface area contributed by atoms with Crippen LogP contribution in [-0.2, 0) is 6.54 Å². The smallest absolute Gasteiger partial charge is 0.287 e. The zero-order valence-electron chi connectivity index (χ0n) is 16.9. The lowest BCUT2D eigenvalue weighted by molar-refractivity contribution is 0.0883. The summed E-state index contributed by atoms with van der Waals surface area (Å²) in [7, 11) is 0. The SMILES string of the molecule is CCCOc1ccc(CN2CCC(NC(=O)c3cc4ccccc4o3)CC2)cc1. The van der Waals surface area contributed by atoms with Crippen LogP contribution in [0.5, 0.6) is 5.75 Å². The van der Waals surface area contributed by atoms with Crippen LogP contribution in [0.4, 0.5) is 0 Å². The summed E-state index contributed by atoms with van der Waals surface area (Å²) >= 11 is 0. The van der Waals surface area contributed by atoms with Gasteiger partial charge in [-0.25, -0.2) is 0 Å². The lowest BCUT2D eigenvalue weighted by Crippen LogP contribution is -2.44. The summed E-state index contributed by atoms with van der Waals surface area (Å²) < 4.78 is 11.3. The van der Waals surface area contributed by atoms with Crippen molar-refractivity contribution in [1.29, 1.82) is 0 Å². The van der Waals surface area contributed by atoms with Crippen LogP contribution >= 0.6 is 0 Å². The first-order valence-corrected chi connectivity index (χ1v) is 10.4. The van der Waals surface area contributed by atoms with Crippen LogP contribution in [0.15, 0.2) is 59.0 Å². The molecular formula is C24H28N2O3. The van der Waals surface area contributed by atoms with Crippen LogP contribution in [0, 0.1) is 0 Å². The number of benzene rings is 2. The molecule has 3 aromatic rings. The molecule has 0 radical (unpaired) electrons. The van der Waals surface area contributed by atoms with E-state index in [1.807, 2.05) is 42.5 Å². The van der Waals surface area contributed by atoms with E-state index in [9.17, 15) is 4.79 Å². The van der Waals surface area contributed by atoms with Gasteiger partial charge in [-0.3, -0.25) is 9.69 Å². The zero-order valence-corrected chi connectivity index (χ0v) is 16.9. The summed E-state index contributed by atoms with van der Waals surface area (Å²) in [5.41, 5.74) is 2.04. The number of carbonyl (C=O) groups is 1. The standard InChI is InChI=1S/C24H28N2O3/c1-2-15-28-21-9-7-18(8-10-21)17-26-13-11-20(12-14-26)25-24(27)23-16-19-5-3-4-6-22(19)29-23/h3-10,16,20H,2,11-15,17H2,1H3,(H,25,27). The molecule has 0 spiro atoms. The number of ether oxygens (including phenoxy) is 1. The van der Waals surface area contributed by atoms with Crippen LogP contribution in [-0.4, -0.2) is 36.5 Å². The van der Waals surface area contributed by atoms with E-state index in [0.29, 0.717) is 5.76 Å². The number of para-hydroxylation sites is 1. The molecule has 1 fully saturated rings. The van der Waals surface area contributed by atoms with Crippen LogP contribution in [0.3, 0.4) is 0 Å². The third kappa shape index (κ3) is 4.98. The average molecular weight is 392 g/mol. The molecule has 1 N–H and O–H groups in total. The van der Waals surface area contributed by atoms with E-state index in [1.165, 1.54) is 5.56 Å². The van der Waals surface area contributed by atoms with Crippen molar-refractivity contribution in [2.45, 2.75) is 38.8 Å². The Kier molecular flexibility index (Phi) is 6.15. The number of rotatable bonds is 7. The molecule has 2 aromatic carbocycles. The molecule has 1 amide bonds. The van der Waals surface area contributed by atoms with E-state index in [4.69, 9.17) is 9.15 Å². The predicted octanol–water partition coefficient (Wildman–Crippen LogP) is 4.62. The quantitative estimate of drug-likeness (QED) is 0.638. The molecule has 0 aliphatic carbocycles. The summed E-state index contributed by atoms with van der Waals surface area (Å²) in [5, 5.41) is 4.09. The number of carbonyl (C=O) groups excluding carboxylic acids is 1. The van der Waals surface area contributed by atoms with Gasteiger partial charge in [-0.05, 0) is 49.1 Å². The minimum Gasteiger partial charge on any atom is -0.494 e. The van der Waals surface area contributed by atoms with E-state index in [-0.39, 0.29) is 11.9 Å². The minimum atomic E-state index is -0.123. The van der Waals surface area contributed by atoms with Gasteiger partial charge in [-0.1, -0.05) is 37.3 Å². The van der Waals surface area contributed by atoms with Gasteiger partial charge in [0.05, 0.1) is 6.61 Å². The number of nitrogens with one attached hydrogen (secondary N) is 1. The van der Waals surface area contributed by atoms with Gasteiger partial charge in [-0.15, -0.1) is 0 Å². The van der Waals surface area contributed by atoms with E-state index in [0.717, 1.165) is 62.2 Å². The fourth-order valence-corrected chi connectivity index (χ4v) is 3.75. The molecule has 1 aliphatic rings. The highest BCUT2D eigenvalue weighted by molar-refractivity contribution is 5.96. The summed E-state index contributed by atoms with van der Waals surface area (Å²) in [6, 6.07) is 18.1. The van der Waals surface area contributed by atoms with Crippen molar-refractivity contribution in [3.05, 3.63) is 65.9 Å². The van der Waals surface area contributed by atoms with E-state index in [2.05, 4.69) is 29.3 Å². The summed E-state index contributed by atoms with van der Waals surface area (Å²) in [5.74, 6) is 1.20. The van der Waals surface area contributed by atoms with Gasteiger partial charge in [0, 0.05) is 31.1 Å². The summed E-state index contributed by atoms with van der Waals surface area (Å²) in [4.78, 5) is 15.0. The van der Waals surface area contributed by atoms with Gasteiger partial charge in [0.1, 0.15) is 11.3 Å². The Hall–Kier alpha value is -2.79. The first-order valence-electron chi connectivity index (χ1n) is 10.4. The number of amides is 1. The van der Waals surface area contributed by atoms with Crippen molar-refractivity contribution >= 4 is 16.9 Å². The highest BCUT2D eigenvalue weighted by atomic mass is 16.5. The number of nitrogens with zero attached hydrogens (tertiary/aromatic N) is 1. The number of fused-ring (bicyclic) bond motifs is 1. The number of piperidine rings is 1. The number of furan rings is 1. The second kappa shape index (κ2) is 9.14. The zero-order chi connectivity index (χ0) is 20.1. The van der Waals surface area contributed by atoms with Crippen molar-refractivity contribution in [2.24, 2.45) is 0 Å². The van der Waals surface area contributed by atoms with Crippen LogP contribution in [0.25, 0.3) is 11.0 Å². The van der Waals surface area contributed by atoms with Gasteiger partial charge in [0.2, 0.25) is 0 Å². The Labute approximate surface area is 171 Å². The normalized spacial score (nSPS) is 15.5. The maximum absolute atomic E-state index is 12.5. The maximum Gasteiger partial charge on any atom is 0.287 e. The van der Waals surface area contributed by atoms with Crippen molar-refractivity contribution in [3.63, 3.8) is 0 Å². The lowest BCUT2D eigenvalue weighted by atomic mass is 10.0. The first kappa shape index (κ1) is 19.5. The van der Waals surface area contributed by atoms with Crippen molar-refractivity contribution in [2.75, 3.05) is 19.7 Å². The molecule has 4 rings (SSSR count). The molecule has 152 valence electrons. The van der Waals surface area contributed by atoms with Crippen LogP contribution < -0.4 is 10.1 Å². The third-order valence-electron chi connectivity index (χ3n) is 5.37. The van der Waals surface area contributed by atoms with Gasteiger partial charge < -0.3 is 14.5 Å². The Morgan fingerprint density at radius 2 is 1.90 bits per heavy atom. The molecule has 1 aromatic heterocycles. The second-order valence-electron chi connectivity index (χ2n) is 7.66. The number of hydrogen-bond acceptors (Lipinski definition) is 4. The molecule has 2 heterocycles. The van der Waals surface area contributed by atoms with Gasteiger partial charge >= 0.3 is 0 Å². The van der Waals surface area contributed by atoms with Crippen molar-refractivity contribution < 1.29 is 13.9 Å². The van der Waals surface area contributed by atoms with E-state index >= 15 is 0 Å². The molecule has 5 heteroatoms. The van der Waals surface area contributed by atoms with Crippen molar-refractivity contribution in [1.82, 2.24) is 10.2 Å². The average Bonchev–Trinajstić information content (AvgIpc) is 3.19.